The van der Waals surface area contributed by atoms with Gasteiger partial charge < -0.3 is 4.74 Å². The largest absolute Gasteiger partial charge is 0.476 e. The van der Waals surface area contributed by atoms with Crippen molar-refractivity contribution in [3.63, 3.8) is 0 Å². The molecule has 1 saturated heterocycles. The van der Waals surface area contributed by atoms with Crippen LogP contribution in [-0.4, -0.2) is 32.3 Å². The van der Waals surface area contributed by atoms with Crippen LogP contribution in [0.3, 0.4) is 0 Å². The molecule has 0 radical (unpaired) electrons. The highest BCUT2D eigenvalue weighted by Crippen LogP contribution is 2.31. The van der Waals surface area contributed by atoms with Crippen LogP contribution in [0.2, 0.25) is 0 Å². The van der Waals surface area contributed by atoms with E-state index in [1.165, 1.54) is 0 Å². The molecule has 1 fully saturated rings. The molecule has 0 spiro atoms. The number of aliphatic imine (C=N–C) groups is 2. The van der Waals surface area contributed by atoms with Crippen molar-refractivity contribution in [1.82, 2.24) is 0 Å². The predicted octanol–water partition coefficient (Wildman–Crippen LogP) is 1.78. The second-order valence-corrected chi connectivity index (χ2v) is 4.37. The van der Waals surface area contributed by atoms with Crippen LogP contribution in [0.25, 0.3) is 0 Å². The maximum Gasteiger partial charge on any atom is 0.230 e. The molecule has 0 aliphatic carbocycles. The van der Waals surface area contributed by atoms with Gasteiger partial charge in [-0.3, -0.25) is 9.98 Å². The topological polar surface area (TPSA) is 34.0 Å². The third kappa shape index (κ3) is 1.90. The van der Waals surface area contributed by atoms with Gasteiger partial charge >= 0.3 is 0 Å². The molecule has 1 heterocycles. The molecule has 0 N–H and O–H groups in total. The molecule has 1 aliphatic rings. The molecule has 3 nitrogen and oxygen atoms in total. The van der Waals surface area contributed by atoms with Crippen LogP contribution in [-0.2, 0) is 4.74 Å². The van der Waals surface area contributed by atoms with Crippen molar-refractivity contribution in [2.75, 3.05) is 20.7 Å². The van der Waals surface area contributed by atoms with E-state index in [-0.39, 0.29) is 5.41 Å². The van der Waals surface area contributed by atoms with Crippen molar-refractivity contribution in [2.45, 2.75) is 20.8 Å². The van der Waals surface area contributed by atoms with E-state index in [2.05, 4.69) is 30.8 Å². The minimum Gasteiger partial charge on any atom is -0.476 e. The van der Waals surface area contributed by atoms with Crippen LogP contribution >= 0.6 is 0 Å². The van der Waals surface area contributed by atoms with Crippen molar-refractivity contribution in [3.8, 4) is 0 Å². The maximum atomic E-state index is 5.46. The molecule has 1 aliphatic heterocycles. The van der Waals surface area contributed by atoms with E-state index in [4.69, 9.17) is 4.74 Å². The van der Waals surface area contributed by atoms with Crippen molar-refractivity contribution >= 4 is 11.6 Å². The Morgan fingerprint density at radius 3 is 2.23 bits per heavy atom. The minimum atomic E-state index is 0.196. The van der Waals surface area contributed by atoms with E-state index < -0.39 is 0 Å². The van der Waals surface area contributed by atoms with Crippen LogP contribution in [0.1, 0.15) is 20.8 Å². The highest BCUT2D eigenvalue weighted by Gasteiger charge is 2.38. The molecular formula is C10H18N2O. The molecule has 74 valence electrons. The van der Waals surface area contributed by atoms with Gasteiger partial charge in [0.15, 0.2) is 0 Å². The van der Waals surface area contributed by atoms with Gasteiger partial charge in [-0.2, -0.15) is 0 Å². The standard InChI is InChI=1S/C10H18N2O/c1-10(2,3)7-6-13-9(12-5)8(7)11-4/h7H,6H2,1-5H3/b11-8-,12-9+. The molecule has 3 heteroatoms. The summed E-state index contributed by atoms with van der Waals surface area (Å²) in [6, 6.07) is 0. The fourth-order valence-corrected chi connectivity index (χ4v) is 1.55. The van der Waals surface area contributed by atoms with E-state index in [0.717, 1.165) is 5.71 Å². The summed E-state index contributed by atoms with van der Waals surface area (Å²) < 4.78 is 5.46. The van der Waals surface area contributed by atoms with E-state index in [1.807, 2.05) is 0 Å². The van der Waals surface area contributed by atoms with Gasteiger partial charge in [-0.1, -0.05) is 20.8 Å². The Bertz CT molecular complexity index is 248. The van der Waals surface area contributed by atoms with Gasteiger partial charge in [0.1, 0.15) is 5.71 Å². The van der Waals surface area contributed by atoms with Crippen molar-refractivity contribution in [1.29, 1.82) is 0 Å². The summed E-state index contributed by atoms with van der Waals surface area (Å²) >= 11 is 0. The first-order valence-electron chi connectivity index (χ1n) is 4.57. The summed E-state index contributed by atoms with van der Waals surface area (Å²) in [6.07, 6.45) is 0. The third-order valence-corrected chi connectivity index (χ3v) is 2.43. The molecule has 0 aromatic rings. The number of hydrogen-bond donors (Lipinski definition) is 0. The lowest BCUT2D eigenvalue weighted by Crippen LogP contribution is -2.28. The zero-order valence-electron chi connectivity index (χ0n) is 9.09. The fraction of sp³-hybridized carbons (Fsp3) is 0.800. The zero-order valence-corrected chi connectivity index (χ0v) is 9.09. The van der Waals surface area contributed by atoms with E-state index in [0.29, 0.717) is 18.4 Å². The first-order chi connectivity index (χ1) is 6.00. The highest BCUT2D eigenvalue weighted by molar-refractivity contribution is 6.41. The molecule has 13 heavy (non-hydrogen) atoms. The molecule has 0 bridgehead atoms. The molecule has 0 aromatic carbocycles. The Balaban J connectivity index is 2.94. The third-order valence-electron chi connectivity index (χ3n) is 2.43. The van der Waals surface area contributed by atoms with Gasteiger partial charge in [-0.05, 0) is 5.41 Å². The molecule has 1 unspecified atom stereocenters. The Morgan fingerprint density at radius 1 is 1.23 bits per heavy atom. The van der Waals surface area contributed by atoms with E-state index in [1.54, 1.807) is 14.1 Å². The summed E-state index contributed by atoms with van der Waals surface area (Å²) in [7, 11) is 3.54. The lowest BCUT2D eigenvalue weighted by Gasteiger charge is -2.24. The quantitative estimate of drug-likeness (QED) is 0.562. The summed E-state index contributed by atoms with van der Waals surface area (Å²) in [5.74, 6) is 1.08. The second-order valence-electron chi connectivity index (χ2n) is 4.37. The van der Waals surface area contributed by atoms with Crippen molar-refractivity contribution in [3.05, 3.63) is 0 Å². The van der Waals surface area contributed by atoms with Crippen LogP contribution in [0.15, 0.2) is 9.98 Å². The monoisotopic (exact) mass is 182 g/mol. The van der Waals surface area contributed by atoms with Gasteiger partial charge in [-0.15, -0.1) is 0 Å². The Kier molecular flexibility index (Phi) is 2.74. The summed E-state index contributed by atoms with van der Waals surface area (Å²) in [5.41, 5.74) is 1.20. The van der Waals surface area contributed by atoms with Gasteiger partial charge in [0.05, 0.1) is 6.61 Å². The van der Waals surface area contributed by atoms with Gasteiger partial charge in [0.25, 0.3) is 0 Å². The van der Waals surface area contributed by atoms with Crippen LogP contribution < -0.4 is 0 Å². The second kappa shape index (κ2) is 3.48. The smallest absolute Gasteiger partial charge is 0.230 e. The van der Waals surface area contributed by atoms with E-state index >= 15 is 0 Å². The average Bonchev–Trinajstić information content (AvgIpc) is 2.45. The molecule has 0 aromatic heterocycles. The Hall–Kier alpha value is -0.860. The normalized spacial score (nSPS) is 29.8. The van der Waals surface area contributed by atoms with Gasteiger partial charge in [0, 0.05) is 20.0 Å². The van der Waals surface area contributed by atoms with Crippen LogP contribution in [0.5, 0.6) is 0 Å². The summed E-state index contributed by atoms with van der Waals surface area (Å²) in [6.45, 7) is 7.31. The fourth-order valence-electron chi connectivity index (χ4n) is 1.55. The number of hydrogen-bond acceptors (Lipinski definition) is 3. The maximum absolute atomic E-state index is 5.46. The lowest BCUT2D eigenvalue weighted by atomic mass is 9.79. The highest BCUT2D eigenvalue weighted by atomic mass is 16.5. The molecule has 1 rings (SSSR count). The van der Waals surface area contributed by atoms with E-state index in [9.17, 15) is 0 Å². The summed E-state index contributed by atoms with van der Waals surface area (Å²) in [5, 5.41) is 0. The first-order valence-corrected chi connectivity index (χ1v) is 4.57. The van der Waals surface area contributed by atoms with Gasteiger partial charge in [0.2, 0.25) is 5.90 Å². The van der Waals surface area contributed by atoms with Crippen molar-refractivity contribution in [2.24, 2.45) is 21.3 Å². The van der Waals surface area contributed by atoms with Crippen molar-refractivity contribution < 1.29 is 4.74 Å². The molecule has 0 amide bonds. The van der Waals surface area contributed by atoms with Gasteiger partial charge in [-0.25, -0.2) is 0 Å². The van der Waals surface area contributed by atoms with Crippen LogP contribution in [0, 0.1) is 11.3 Å². The number of nitrogens with zero attached hydrogens (tertiary/aromatic N) is 2. The lowest BCUT2D eigenvalue weighted by molar-refractivity contribution is 0.217. The molecular weight excluding hydrogens is 164 g/mol. The predicted molar refractivity (Wildman–Crippen MR) is 55.6 cm³/mol. The Labute approximate surface area is 79.9 Å². The minimum absolute atomic E-state index is 0.196. The Morgan fingerprint density at radius 2 is 1.85 bits per heavy atom. The zero-order chi connectivity index (χ0) is 10.1. The number of rotatable bonds is 0. The first kappa shape index (κ1) is 10.2. The SMILES string of the molecule is C/N=C1\C(=N/C)OCC1C(C)(C)C. The molecule has 1 atom stereocenters. The summed E-state index contributed by atoms with van der Waals surface area (Å²) in [4.78, 5) is 8.32. The number of ether oxygens (including phenoxy) is 1. The average molecular weight is 182 g/mol. The van der Waals surface area contributed by atoms with Crippen LogP contribution in [0.4, 0.5) is 0 Å². The molecule has 0 saturated carbocycles.